The number of rotatable bonds is 7. The zero-order valence-electron chi connectivity index (χ0n) is 19.7. The first-order valence-electron chi connectivity index (χ1n) is 10.6. The Morgan fingerprint density at radius 1 is 1.00 bits per heavy atom. The Bertz CT molecular complexity index is 1440. The number of pyridine rings is 2. The molecule has 9 heteroatoms. The van der Waals surface area contributed by atoms with Gasteiger partial charge in [0.25, 0.3) is 5.56 Å². The van der Waals surface area contributed by atoms with E-state index in [1.54, 1.807) is 48.8 Å². The number of phenolic OH excluding ortho intramolecular Hbond substituents is 1. The molecule has 0 fully saturated rings. The van der Waals surface area contributed by atoms with Crippen LogP contribution < -0.4 is 19.8 Å². The van der Waals surface area contributed by atoms with Gasteiger partial charge < -0.3 is 24.1 Å². The molecule has 9 nitrogen and oxygen atoms in total. The van der Waals surface area contributed by atoms with Crippen LogP contribution in [0.15, 0.2) is 59.7 Å². The first kappa shape index (κ1) is 23.6. The Morgan fingerprint density at radius 2 is 1.71 bits per heavy atom. The van der Waals surface area contributed by atoms with Crippen molar-refractivity contribution >= 4 is 16.7 Å². The van der Waals surface area contributed by atoms with Gasteiger partial charge in [-0.15, -0.1) is 0 Å². The molecule has 0 aliphatic carbocycles. The van der Waals surface area contributed by atoms with Gasteiger partial charge in [-0.05, 0) is 35.4 Å². The van der Waals surface area contributed by atoms with Crippen molar-refractivity contribution in [2.24, 2.45) is 0 Å². The molecule has 4 aromatic rings. The maximum atomic E-state index is 13.6. The minimum Gasteiger partial charge on any atom is -0.507 e. The Hall–Kier alpha value is -4.53. The molecule has 1 N–H and O–H groups in total. The highest BCUT2D eigenvalue weighted by molar-refractivity contribution is 6.08. The maximum Gasteiger partial charge on any atom is 0.355 e. The second-order valence-electron chi connectivity index (χ2n) is 7.58. The topological polar surface area (TPSA) is 109 Å². The summed E-state index contributed by atoms with van der Waals surface area (Å²) < 4.78 is 22.8. The van der Waals surface area contributed by atoms with E-state index in [-0.39, 0.29) is 23.4 Å². The number of nitrogens with zero attached hydrogens (tertiary/aromatic N) is 2. The van der Waals surface area contributed by atoms with Crippen molar-refractivity contribution in [1.82, 2.24) is 9.55 Å². The molecule has 2 aromatic carbocycles. The standard InChI is InChI=1S/C26H24N2O7/c1-32-19-11-16(12-20(33-2)24(19)34-3)21-17-8-5-9-18(29)22(17)25(30)28(23(21)26(31)35-4)14-15-7-6-10-27-13-15/h5-13,29H,14H2,1-4H3. The summed E-state index contributed by atoms with van der Waals surface area (Å²) in [5.74, 6) is 0.152. The lowest BCUT2D eigenvalue weighted by Crippen LogP contribution is -2.28. The predicted octanol–water partition coefficient (Wildman–Crippen LogP) is 3.63. The summed E-state index contributed by atoms with van der Waals surface area (Å²) in [5.41, 5.74) is 1.01. The Balaban J connectivity index is 2.18. The molecule has 0 spiro atoms. The number of hydrogen-bond acceptors (Lipinski definition) is 8. The first-order chi connectivity index (χ1) is 16.9. The van der Waals surface area contributed by atoms with Gasteiger partial charge in [-0.1, -0.05) is 18.2 Å². The fraction of sp³-hybridized carbons (Fsp3) is 0.192. The zero-order valence-corrected chi connectivity index (χ0v) is 19.7. The number of carbonyl (C=O) groups excluding carboxylic acids is 1. The van der Waals surface area contributed by atoms with Crippen molar-refractivity contribution in [3.8, 4) is 34.1 Å². The average molecular weight is 476 g/mol. The van der Waals surface area contributed by atoms with Gasteiger partial charge in [0.2, 0.25) is 5.75 Å². The lowest BCUT2D eigenvalue weighted by Gasteiger charge is -2.20. The summed E-state index contributed by atoms with van der Waals surface area (Å²) in [7, 11) is 5.69. The van der Waals surface area contributed by atoms with Gasteiger partial charge in [0.05, 0.1) is 40.4 Å². The molecule has 0 aliphatic rings. The van der Waals surface area contributed by atoms with Gasteiger partial charge in [0.15, 0.2) is 11.5 Å². The minimum absolute atomic E-state index is 0.00808. The van der Waals surface area contributed by atoms with E-state index in [1.807, 2.05) is 0 Å². The minimum atomic E-state index is -0.722. The highest BCUT2D eigenvalue weighted by Gasteiger charge is 2.27. The van der Waals surface area contributed by atoms with E-state index >= 15 is 0 Å². The van der Waals surface area contributed by atoms with E-state index < -0.39 is 11.5 Å². The van der Waals surface area contributed by atoms with Gasteiger partial charge in [-0.2, -0.15) is 0 Å². The molecular formula is C26H24N2O7. The average Bonchev–Trinajstić information content (AvgIpc) is 2.89. The molecule has 0 radical (unpaired) electrons. The number of phenols is 1. The molecule has 0 saturated carbocycles. The fourth-order valence-corrected chi connectivity index (χ4v) is 4.12. The Kier molecular flexibility index (Phi) is 6.59. The smallest absolute Gasteiger partial charge is 0.355 e. The number of methoxy groups -OCH3 is 4. The molecule has 35 heavy (non-hydrogen) atoms. The predicted molar refractivity (Wildman–Crippen MR) is 130 cm³/mol. The van der Waals surface area contributed by atoms with Crippen LogP contribution in [0.3, 0.4) is 0 Å². The van der Waals surface area contributed by atoms with Gasteiger partial charge >= 0.3 is 5.97 Å². The summed E-state index contributed by atoms with van der Waals surface area (Å²) in [6, 6.07) is 11.6. The summed E-state index contributed by atoms with van der Waals surface area (Å²) in [6.07, 6.45) is 3.21. The largest absolute Gasteiger partial charge is 0.507 e. The number of benzene rings is 2. The highest BCUT2D eigenvalue weighted by Crippen LogP contribution is 2.44. The number of ether oxygens (including phenoxy) is 4. The highest BCUT2D eigenvalue weighted by atomic mass is 16.5. The van der Waals surface area contributed by atoms with E-state index in [0.717, 1.165) is 0 Å². The van der Waals surface area contributed by atoms with E-state index in [4.69, 9.17) is 18.9 Å². The number of esters is 1. The molecule has 0 saturated heterocycles. The monoisotopic (exact) mass is 476 g/mol. The zero-order chi connectivity index (χ0) is 25.1. The van der Waals surface area contributed by atoms with Crippen molar-refractivity contribution < 1.29 is 28.8 Å². The molecular weight excluding hydrogens is 452 g/mol. The van der Waals surface area contributed by atoms with Crippen LogP contribution in [0.2, 0.25) is 0 Å². The third-order valence-electron chi connectivity index (χ3n) is 5.67. The van der Waals surface area contributed by atoms with Crippen LogP contribution in [0.1, 0.15) is 16.1 Å². The molecule has 180 valence electrons. The fourth-order valence-electron chi connectivity index (χ4n) is 4.12. The third-order valence-corrected chi connectivity index (χ3v) is 5.67. The molecule has 0 atom stereocenters. The van der Waals surface area contributed by atoms with E-state index in [9.17, 15) is 14.7 Å². The van der Waals surface area contributed by atoms with Gasteiger partial charge in [-0.3, -0.25) is 14.3 Å². The molecule has 0 unspecified atom stereocenters. The molecule has 0 aliphatic heterocycles. The van der Waals surface area contributed by atoms with Crippen molar-refractivity contribution in [1.29, 1.82) is 0 Å². The van der Waals surface area contributed by atoms with E-state index in [0.29, 0.717) is 39.3 Å². The quantitative estimate of drug-likeness (QED) is 0.403. The summed E-state index contributed by atoms with van der Waals surface area (Å²) in [5, 5.41) is 11.1. The van der Waals surface area contributed by atoms with Crippen LogP contribution in [0, 0.1) is 0 Å². The first-order valence-corrected chi connectivity index (χ1v) is 10.6. The van der Waals surface area contributed by atoms with Crippen LogP contribution in [0.5, 0.6) is 23.0 Å². The summed E-state index contributed by atoms with van der Waals surface area (Å²) >= 11 is 0. The van der Waals surface area contributed by atoms with Gasteiger partial charge in [0, 0.05) is 23.3 Å². The van der Waals surface area contributed by atoms with E-state index in [1.165, 1.54) is 39.1 Å². The Morgan fingerprint density at radius 3 is 2.29 bits per heavy atom. The van der Waals surface area contributed by atoms with Crippen LogP contribution in [-0.4, -0.2) is 49.1 Å². The van der Waals surface area contributed by atoms with Gasteiger partial charge in [-0.25, -0.2) is 4.79 Å². The van der Waals surface area contributed by atoms with Crippen molar-refractivity contribution in [3.05, 3.63) is 76.5 Å². The SMILES string of the molecule is COC(=O)c1c(-c2cc(OC)c(OC)c(OC)c2)c2cccc(O)c2c(=O)n1Cc1cccnc1. The number of aromatic nitrogens is 2. The number of aromatic hydroxyl groups is 1. The van der Waals surface area contributed by atoms with Crippen molar-refractivity contribution in [2.45, 2.75) is 6.54 Å². The van der Waals surface area contributed by atoms with Crippen LogP contribution in [-0.2, 0) is 11.3 Å². The number of hydrogen-bond donors (Lipinski definition) is 1. The van der Waals surface area contributed by atoms with Crippen LogP contribution in [0.25, 0.3) is 21.9 Å². The normalized spacial score (nSPS) is 10.7. The number of carbonyl (C=O) groups is 1. The van der Waals surface area contributed by atoms with E-state index in [2.05, 4.69) is 4.98 Å². The molecule has 2 heterocycles. The third kappa shape index (κ3) is 4.12. The second-order valence-corrected chi connectivity index (χ2v) is 7.58. The lowest BCUT2D eigenvalue weighted by molar-refractivity contribution is 0.0588. The van der Waals surface area contributed by atoms with Gasteiger partial charge in [0.1, 0.15) is 11.4 Å². The molecule has 0 amide bonds. The van der Waals surface area contributed by atoms with Crippen LogP contribution >= 0.6 is 0 Å². The summed E-state index contributed by atoms with van der Waals surface area (Å²) in [4.78, 5) is 30.9. The number of fused-ring (bicyclic) bond motifs is 1. The molecule has 2 aromatic heterocycles. The van der Waals surface area contributed by atoms with Crippen LogP contribution in [0.4, 0.5) is 0 Å². The lowest BCUT2D eigenvalue weighted by atomic mass is 9.95. The Labute approximate surface area is 201 Å². The van der Waals surface area contributed by atoms with Crippen molar-refractivity contribution in [3.63, 3.8) is 0 Å². The summed E-state index contributed by atoms with van der Waals surface area (Å²) in [6.45, 7) is 0.0266. The van der Waals surface area contributed by atoms with Crippen molar-refractivity contribution in [2.75, 3.05) is 28.4 Å². The molecule has 4 rings (SSSR count). The molecule has 0 bridgehead atoms. The second kappa shape index (κ2) is 9.76. The maximum absolute atomic E-state index is 13.6.